The monoisotopic (exact) mass is 215 g/mol. The second kappa shape index (κ2) is 5.28. The number of aliphatic hydroxyl groups excluding tert-OH is 1. The highest BCUT2D eigenvalue weighted by Crippen LogP contribution is 2.39. The van der Waals surface area contributed by atoms with Gasteiger partial charge in [-0.1, -0.05) is 20.3 Å². The molecule has 1 rings (SSSR count). The Bertz CT molecular complexity index is 194. The van der Waals surface area contributed by atoms with Gasteiger partial charge in [0.05, 0.1) is 18.8 Å². The van der Waals surface area contributed by atoms with Crippen LogP contribution in [0.3, 0.4) is 0 Å². The summed E-state index contributed by atoms with van der Waals surface area (Å²) >= 11 is 0. The van der Waals surface area contributed by atoms with Crippen LogP contribution in [0, 0.1) is 5.41 Å². The Labute approximate surface area is 93.0 Å². The van der Waals surface area contributed by atoms with E-state index in [0.717, 1.165) is 19.3 Å². The molecule has 0 heterocycles. The Morgan fingerprint density at radius 2 is 1.93 bits per heavy atom. The van der Waals surface area contributed by atoms with Crippen LogP contribution in [0.2, 0.25) is 0 Å². The molecule has 0 amide bonds. The minimum atomic E-state index is -0.170. The van der Waals surface area contributed by atoms with Gasteiger partial charge in [0.2, 0.25) is 0 Å². The summed E-state index contributed by atoms with van der Waals surface area (Å²) < 4.78 is 5.77. The average Bonchev–Trinajstić information content (AvgIpc) is 2.35. The number of ether oxygens (including phenoxy) is 1. The summed E-state index contributed by atoms with van der Waals surface area (Å²) in [7, 11) is 0. The third kappa shape index (κ3) is 3.74. The zero-order valence-electron chi connectivity index (χ0n) is 10.1. The number of hydrogen-bond acceptors (Lipinski definition) is 3. The molecule has 3 heteroatoms. The number of rotatable bonds is 4. The van der Waals surface area contributed by atoms with Crippen LogP contribution in [0.1, 0.15) is 46.0 Å². The Kier molecular flexibility index (Phi) is 4.56. The molecule has 1 unspecified atom stereocenters. The van der Waals surface area contributed by atoms with Gasteiger partial charge in [0.1, 0.15) is 0 Å². The first-order valence-electron chi connectivity index (χ1n) is 5.99. The Morgan fingerprint density at radius 3 is 2.53 bits per heavy atom. The van der Waals surface area contributed by atoms with Gasteiger partial charge in [0, 0.05) is 6.54 Å². The maximum atomic E-state index is 8.81. The van der Waals surface area contributed by atoms with Crippen LogP contribution >= 0.6 is 0 Å². The highest BCUT2D eigenvalue weighted by Gasteiger charge is 2.35. The molecule has 90 valence electrons. The number of nitrogens with two attached hydrogens (primary N) is 1. The minimum absolute atomic E-state index is 0.0884. The predicted octanol–water partition coefficient (Wildman–Crippen LogP) is 1.68. The van der Waals surface area contributed by atoms with Crippen molar-refractivity contribution in [1.82, 2.24) is 0 Å². The molecule has 0 spiro atoms. The van der Waals surface area contributed by atoms with Crippen LogP contribution in [-0.2, 0) is 4.74 Å². The lowest BCUT2D eigenvalue weighted by molar-refractivity contribution is -0.0626. The Hall–Kier alpha value is -0.120. The topological polar surface area (TPSA) is 55.5 Å². The molecule has 0 radical (unpaired) electrons. The molecule has 0 bridgehead atoms. The first-order chi connectivity index (χ1) is 7.04. The molecule has 0 aromatic heterocycles. The normalized spacial score (nSPS) is 31.2. The fourth-order valence-corrected chi connectivity index (χ4v) is 2.37. The van der Waals surface area contributed by atoms with Crippen LogP contribution in [0.15, 0.2) is 0 Å². The third-order valence-corrected chi connectivity index (χ3v) is 3.61. The van der Waals surface area contributed by atoms with Gasteiger partial charge >= 0.3 is 0 Å². The standard InChI is InChI=1S/C12H25NO2/c1-11(2)4-3-5-12(10-13,7-6-11)15-9-8-14/h14H,3-10,13H2,1-2H3. The highest BCUT2D eigenvalue weighted by molar-refractivity contribution is 4.88. The molecular formula is C12H25NO2. The van der Waals surface area contributed by atoms with Gasteiger partial charge in [0.25, 0.3) is 0 Å². The van der Waals surface area contributed by atoms with E-state index in [-0.39, 0.29) is 12.2 Å². The molecule has 0 aromatic carbocycles. The van der Waals surface area contributed by atoms with Gasteiger partial charge in [-0.15, -0.1) is 0 Å². The van der Waals surface area contributed by atoms with Crippen LogP contribution in [0.25, 0.3) is 0 Å². The van der Waals surface area contributed by atoms with E-state index in [1.807, 2.05) is 0 Å². The van der Waals surface area contributed by atoms with Gasteiger partial charge < -0.3 is 15.6 Å². The Morgan fingerprint density at radius 1 is 1.20 bits per heavy atom. The summed E-state index contributed by atoms with van der Waals surface area (Å²) in [5.41, 5.74) is 6.08. The van der Waals surface area contributed by atoms with E-state index in [1.165, 1.54) is 12.8 Å². The highest BCUT2D eigenvalue weighted by atomic mass is 16.5. The van der Waals surface area contributed by atoms with Crippen molar-refractivity contribution >= 4 is 0 Å². The summed E-state index contributed by atoms with van der Waals surface area (Å²) in [4.78, 5) is 0. The van der Waals surface area contributed by atoms with E-state index in [1.54, 1.807) is 0 Å². The zero-order chi connectivity index (χ0) is 11.4. The lowest BCUT2D eigenvalue weighted by Gasteiger charge is -2.32. The predicted molar refractivity (Wildman–Crippen MR) is 61.7 cm³/mol. The minimum Gasteiger partial charge on any atom is -0.394 e. The molecule has 0 aromatic rings. The lowest BCUT2D eigenvalue weighted by atomic mass is 9.84. The molecular weight excluding hydrogens is 190 g/mol. The zero-order valence-corrected chi connectivity index (χ0v) is 10.1. The average molecular weight is 215 g/mol. The van der Waals surface area contributed by atoms with Crippen molar-refractivity contribution < 1.29 is 9.84 Å². The lowest BCUT2D eigenvalue weighted by Crippen LogP contribution is -2.41. The fourth-order valence-electron chi connectivity index (χ4n) is 2.37. The van der Waals surface area contributed by atoms with Crippen LogP contribution in [0.5, 0.6) is 0 Å². The first kappa shape index (κ1) is 12.9. The maximum absolute atomic E-state index is 8.81. The van der Waals surface area contributed by atoms with Crippen molar-refractivity contribution in [3.63, 3.8) is 0 Å². The van der Waals surface area contributed by atoms with Crippen molar-refractivity contribution in [1.29, 1.82) is 0 Å². The molecule has 1 aliphatic rings. The summed E-state index contributed by atoms with van der Waals surface area (Å²) in [5, 5.41) is 8.81. The fraction of sp³-hybridized carbons (Fsp3) is 1.00. The van der Waals surface area contributed by atoms with E-state index in [9.17, 15) is 0 Å². The van der Waals surface area contributed by atoms with E-state index in [2.05, 4.69) is 13.8 Å². The molecule has 1 saturated carbocycles. The maximum Gasteiger partial charge on any atom is 0.0805 e. The van der Waals surface area contributed by atoms with Crippen LogP contribution < -0.4 is 5.73 Å². The van der Waals surface area contributed by atoms with Crippen molar-refractivity contribution in [3.05, 3.63) is 0 Å². The summed E-state index contributed by atoms with van der Waals surface area (Å²) in [6, 6.07) is 0. The largest absolute Gasteiger partial charge is 0.394 e. The van der Waals surface area contributed by atoms with Crippen LogP contribution in [0.4, 0.5) is 0 Å². The molecule has 3 nitrogen and oxygen atoms in total. The second-order valence-corrected chi connectivity index (χ2v) is 5.48. The second-order valence-electron chi connectivity index (χ2n) is 5.48. The van der Waals surface area contributed by atoms with Crippen molar-refractivity contribution in [2.45, 2.75) is 51.6 Å². The third-order valence-electron chi connectivity index (χ3n) is 3.61. The van der Waals surface area contributed by atoms with Crippen LogP contribution in [-0.4, -0.2) is 30.5 Å². The van der Waals surface area contributed by atoms with E-state index in [0.29, 0.717) is 18.6 Å². The van der Waals surface area contributed by atoms with Crippen molar-refractivity contribution in [2.24, 2.45) is 11.1 Å². The summed E-state index contributed by atoms with van der Waals surface area (Å²) in [5.74, 6) is 0. The smallest absolute Gasteiger partial charge is 0.0805 e. The van der Waals surface area contributed by atoms with E-state index >= 15 is 0 Å². The van der Waals surface area contributed by atoms with Crippen molar-refractivity contribution in [2.75, 3.05) is 19.8 Å². The molecule has 1 aliphatic carbocycles. The van der Waals surface area contributed by atoms with E-state index < -0.39 is 0 Å². The molecule has 1 atom stereocenters. The molecule has 0 aliphatic heterocycles. The van der Waals surface area contributed by atoms with Gasteiger partial charge in [0.15, 0.2) is 0 Å². The SMILES string of the molecule is CC1(C)CCCC(CN)(OCCO)CC1. The van der Waals surface area contributed by atoms with E-state index in [4.69, 9.17) is 15.6 Å². The molecule has 3 N–H and O–H groups in total. The quantitative estimate of drug-likeness (QED) is 0.702. The van der Waals surface area contributed by atoms with Crippen molar-refractivity contribution in [3.8, 4) is 0 Å². The van der Waals surface area contributed by atoms with Gasteiger partial charge in [-0.2, -0.15) is 0 Å². The molecule has 0 saturated heterocycles. The molecule has 1 fully saturated rings. The number of hydrogen-bond donors (Lipinski definition) is 2. The molecule has 15 heavy (non-hydrogen) atoms. The van der Waals surface area contributed by atoms with Gasteiger partial charge in [-0.05, 0) is 31.1 Å². The summed E-state index contributed by atoms with van der Waals surface area (Å²) in [6.45, 7) is 5.70. The Balaban J connectivity index is 2.57. The van der Waals surface area contributed by atoms with Gasteiger partial charge in [-0.25, -0.2) is 0 Å². The van der Waals surface area contributed by atoms with Gasteiger partial charge in [-0.3, -0.25) is 0 Å². The first-order valence-corrected chi connectivity index (χ1v) is 5.99. The number of aliphatic hydroxyl groups is 1. The summed E-state index contributed by atoms with van der Waals surface area (Å²) in [6.07, 6.45) is 5.64.